The molecule has 0 spiro atoms. The quantitative estimate of drug-likeness (QED) is 0.376. The molecule has 2 amide bonds. The Hall–Kier alpha value is -4.02. The Morgan fingerprint density at radius 2 is 1.74 bits per heavy atom. The largest absolute Gasteiger partial charge is 0.497 e. The van der Waals surface area contributed by atoms with E-state index in [0.29, 0.717) is 28.6 Å². The number of hydrogen-bond acceptors (Lipinski definition) is 5. The Labute approximate surface area is 209 Å². The number of benzene rings is 3. The van der Waals surface area contributed by atoms with Crippen molar-refractivity contribution in [1.82, 2.24) is 0 Å². The van der Waals surface area contributed by atoms with Gasteiger partial charge in [-0.15, -0.1) is 0 Å². The van der Waals surface area contributed by atoms with Crippen LogP contribution in [0.3, 0.4) is 0 Å². The monoisotopic (exact) mass is 483 g/mol. The summed E-state index contributed by atoms with van der Waals surface area (Å²) in [6, 6.07) is 24.3. The van der Waals surface area contributed by atoms with Crippen LogP contribution in [0.25, 0.3) is 0 Å². The van der Waals surface area contributed by atoms with Crippen LogP contribution < -0.4 is 15.0 Å². The summed E-state index contributed by atoms with van der Waals surface area (Å²) in [7, 11) is 1.57. The number of nitriles is 1. The maximum atomic E-state index is 13.6. The Morgan fingerprint density at radius 3 is 2.37 bits per heavy atom. The molecule has 35 heavy (non-hydrogen) atoms. The van der Waals surface area contributed by atoms with Crippen molar-refractivity contribution in [2.24, 2.45) is 0 Å². The van der Waals surface area contributed by atoms with Crippen LogP contribution in [-0.2, 0) is 16.0 Å². The van der Waals surface area contributed by atoms with Gasteiger partial charge in [-0.05, 0) is 67.8 Å². The molecule has 176 valence electrons. The van der Waals surface area contributed by atoms with Gasteiger partial charge < -0.3 is 10.1 Å². The van der Waals surface area contributed by atoms with E-state index in [0.717, 1.165) is 16.7 Å². The van der Waals surface area contributed by atoms with Crippen LogP contribution in [0.1, 0.15) is 16.7 Å². The molecule has 1 fully saturated rings. The van der Waals surface area contributed by atoms with Gasteiger partial charge in [-0.25, -0.2) is 0 Å². The van der Waals surface area contributed by atoms with Crippen molar-refractivity contribution in [3.63, 3.8) is 0 Å². The van der Waals surface area contributed by atoms with Crippen LogP contribution in [0.5, 0.6) is 5.75 Å². The highest BCUT2D eigenvalue weighted by atomic mass is 32.2. The number of anilines is 2. The maximum absolute atomic E-state index is 13.6. The van der Waals surface area contributed by atoms with E-state index in [1.54, 1.807) is 43.5 Å². The fraction of sp³-hybridized carbons (Fsp3) is 0.179. The van der Waals surface area contributed by atoms with Gasteiger partial charge in [0.25, 0.3) is 5.91 Å². The molecule has 6 nitrogen and oxygen atoms in total. The van der Waals surface area contributed by atoms with Crippen LogP contribution in [0.2, 0.25) is 0 Å². The van der Waals surface area contributed by atoms with Crippen LogP contribution in [-0.4, -0.2) is 24.2 Å². The molecule has 1 unspecified atom stereocenters. The van der Waals surface area contributed by atoms with Crippen LogP contribution in [0.15, 0.2) is 83.4 Å². The summed E-state index contributed by atoms with van der Waals surface area (Å²) >= 11 is 1.25. The van der Waals surface area contributed by atoms with E-state index in [1.165, 1.54) is 16.7 Å². The van der Waals surface area contributed by atoms with E-state index in [2.05, 4.69) is 5.32 Å². The summed E-state index contributed by atoms with van der Waals surface area (Å²) in [5.74, 6) is -0.0799. The normalized spacial score (nSPS) is 16.6. The maximum Gasteiger partial charge on any atom is 0.269 e. The topological polar surface area (TPSA) is 82.4 Å². The van der Waals surface area contributed by atoms with Gasteiger partial charge in [-0.2, -0.15) is 5.26 Å². The molecule has 0 aliphatic carbocycles. The minimum Gasteiger partial charge on any atom is -0.497 e. The lowest BCUT2D eigenvalue weighted by Crippen LogP contribution is -2.31. The van der Waals surface area contributed by atoms with Gasteiger partial charge >= 0.3 is 0 Å². The van der Waals surface area contributed by atoms with E-state index in [1.807, 2.05) is 56.3 Å². The molecule has 0 radical (unpaired) electrons. The molecule has 1 aliphatic heterocycles. The Kier molecular flexibility index (Phi) is 7.23. The zero-order valence-electron chi connectivity index (χ0n) is 19.7. The number of ether oxygens (including phenoxy) is 1. The summed E-state index contributed by atoms with van der Waals surface area (Å²) in [5.41, 5.74) is 4.25. The number of methoxy groups -OCH3 is 1. The summed E-state index contributed by atoms with van der Waals surface area (Å²) < 4.78 is 5.24. The second kappa shape index (κ2) is 10.5. The summed E-state index contributed by atoms with van der Waals surface area (Å²) in [6.07, 6.45) is 0.491. The number of rotatable bonds is 6. The Morgan fingerprint density at radius 1 is 1.06 bits per heavy atom. The highest BCUT2D eigenvalue weighted by Crippen LogP contribution is 2.42. The molecule has 0 saturated carbocycles. The molecule has 1 heterocycles. The molecular weight excluding hydrogens is 458 g/mol. The van der Waals surface area contributed by atoms with Crippen molar-refractivity contribution in [3.05, 3.63) is 100 Å². The zero-order chi connectivity index (χ0) is 24.9. The van der Waals surface area contributed by atoms with Crippen molar-refractivity contribution < 1.29 is 14.3 Å². The van der Waals surface area contributed by atoms with Crippen LogP contribution in [0, 0.1) is 25.2 Å². The van der Waals surface area contributed by atoms with Gasteiger partial charge in [0, 0.05) is 11.4 Å². The third kappa shape index (κ3) is 5.23. The third-order valence-corrected chi connectivity index (χ3v) is 7.07. The van der Waals surface area contributed by atoms with Gasteiger partial charge in [0.15, 0.2) is 0 Å². The fourth-order valence-electron chi connectivity index (χ4n) is 3.82. The number of carbonyl (C=O) groups excluding carboxylic acids is 2. The Balaban J connectivity index is 1.73. The van der Waals surface area contributed by atoms with E-state index in [-0.39, 0.29) is 11.5 Å². The number of hydrogen-bond donors (Lipinski definition) is 1. The number of nitrogens with one attached hydrogen (secondary N) is 1. The van der Waals surface area contributed by atoms with Crippen LogP contribution in [0.4, 0.5) is 11.4 Å². The molecular formula is C28H25N3O3S. The number of carbonyl (C=O) groups is 2. The minimum atomic E-state index is -0.554. The van der Waals surface area contributed by atoms with E-state index in [4.69, 9.17) is 4.74 Å². The van der Waals surface area contributed by atoms with Crippen molar-refractivity contribution in [1.29, 1.82) is 5.26 Å². The molecule has 1 N–H and O–H groups in total. The molecule has 3 aromatic carbocycles. The number of aryl methyl sites for hydroxylation is 2. The fourth-order valence-corrected chi connectivity index (χ4v) is 5.12. The molecule has 1 atom stereocenters. The molecule has 4 rings (SSSR count). The van der Waals surface area contributed by atoms with Crippen LogP contribution >= 0.6 is 11.8 Å². The second-order valence-electron chi connectivity index (χ2n) is 8.22. The number of thioether (sulfide) groups is 1. The van der Waals surface area contributed by atoms with Crippen molar-refractivity contribution in [3.8, 4) is 11.8 Å². The molecule has 0 bridgehead atoms. The average Bonchev–Trinajstić information content (AvgIpc) is 3.18. The minimum absolute atomic E-state index is 0.105. The predicted molar refractivity (Wildman–Crippen MR) is 139 cm³/mol. The summed E-state index contributed by atoms with van der Waals surface area (Å²) in [4.78, 5) is 28.3. The van der Waals surface area contributed by atoms with E-state index >= 15 is 0 Å². The van der Waals surface area contributed by atoms with Crippen molar-refractivity contribution in [2.45, 2.75) is 25.5 Å². The standard InChI is InChI=1S/C28H25N3O3S/c1-18-8-10-21(11-9-18)30-26(32)24(17-29)28-31(22-12-14-23(34-3)15-13-22)27(33)25(35-28)16-20-7-5-4-6-19(20)2/h4-15,25H,16H2,1-3H3,(H,30,32)/b28-24-. The number of nitrogens with zero attached hydrogens (tertiary/aromatic N) is 2. The van der Waals surface area contributed by atoms with Gasteiger partial charge in [-0.1, -0.05) is 53.7 Å². The lowest BCUT2D eigenvalue weighted by Gasteiger charge is -2.19. The number of amides is 2. The van der Waals surface area contributed by atoms with Gasteiger partial charge in [0.2, 0.25) is 5.91 Å². The Bertz CT molecular complexity index is 1320. The third-order valence-electron chi connectivity index (χ3n) is 5.81. The molecule has 7 heteroatoms. The van der Waals surface area contributed by atoms with Crippen molar-refractivity contribution in [2.75, 3.05) is 17.3 Å². The van der Waals surface area contributed by atoms with Gasteiger partial charge in [0.05, 0.1) is 12.4 Å². The molecule has 1 saturated heterocycles. The van der Waals surface area contributed by atoms with Crippen molar-refractivity contribution >= 4 is 35.0 Å². The summed E-state index contributed by atoms with van der Waals surface area (Å²) in [5, 5.41) is 12.6. The summed E-state index contributed by atoms with van der Waals surface area (Å²) in [6.45, 7) is 3.96. The lowest BCUT2D eigenvalue weighted by molar-refractivity contribution is -0.117. The lowest BCUT2D eigenvalue weighted by atomic mass is 10.0. The predicted octanol–water partition coefficient (Wildman–Crippen LogP) is 5.38. The highest BCUT2D eigenvalue weighted by Gasteiger charge is 2.41. The smallest absolute Gasteiger partial charge is 0.269 e. The van der Waals surface area contributed by atoms with E-state index in [9.17, 15) is 14.9 Å². The SMILES string of the molecule is COc1ccc(N2C(=O)C(Cc3ccccc3C)S/C2=C(/C#N)C(=O)Nc2ccc(C)cc2)cc1. The van der Waals surface area contributed by atoms with Gasteiger partial charge in [0.1, 0.15) is 22.4 Å². The van der Waals surface area contributed by atoms with Gasteiger partial charge in [-0.3, -0.25) is 14.5 Å². The first-order valence-corrected chi connectivity index (χ1v) is 12.0. The second-order valence-corrected chi connectivity index (χ2v) is 9.41. The molecule has 3 aromatic rings. The molecule has 0 aromatic heterocycles. The zero-order valence-corrected chi connectivity index (χ0v) is 20.6. The molecule has 1 aliphatic rings. The average molecular weight is 484 g/mol. The first-order chi connectivity index (χ1) is 16.9. The first kappa shape index (κ1) is 24.1. The first-order valence-electron chi connectivity index (χ1n) is 11.1. The highest BCUT2D eigenvalue weighted by molar-refractivity contribution is 8.05. The van der Waals surface area contributed by atoms with E-state index < -0.39 is 11.2 Å².